The predicted molar refractivity (Wildman–Crippen MR) is 45.3 cm³/mol. The summed E-state index contributed by atoms with van der Waals surface area (Å²) in [5.41, 5.74) is 0. The van der Waals surface area contributed by atoms with Gasteiger partial charge in [-0.15, -0.1) is 6.58 Å². The molecule has 0 amide bonds. The first-order valence-electron chi connectivity index (χ1n) is 3.70. The standard InChI is InChI=1S/C9H13NO/c1-3-5-8(10-2)9-6-4-7-11-9/h3-4,6-8,10H,1,5H2,2H3. The van der Waals surface area contributed by atoms with Gasteiger partial charge in [0.2, 0.25) is 0 Å². The van der Waals surface area contributed by atoms with Crippen molar-refractivity contribution in [3.8, 4) is 0 Å². The number of hydrogen-bond acceptors (Lipinski definition) is 2. The number of rotatable bonds is 4. The number of hydrogen-bond donors (Lipinski definition) is 1. The van der Waals surface area contributed by atoms with E-state index in [0.29, 0.717) is 0 Å². The van der Waals surface area contributed by atoms with Crippen LogP contribution in [0, 0.1) is 0 Å². The van der Waals surface area contributed by atoms with Crippen molar-refractivity contribution < 1.29 is 4.42 Å². The summed E-state index contributed by atoms with van der Waals surface area (Å²) >= 11 is 0. The third kappa shape index (κ3) is 1.95. The maximum absolute atomic E-state index is 5.23. The van der Waals surface area contributed by atoms with Gasteiger partial charge in [-0.3, -0.25) is 0 Å². The summed E-state index contributed by atoms with van der Waals surface area (Å²) in [6, 6.07) is 4.12. The summed E-state index contributed by atoms with van der Waals surface area (Å²) < 4.78 is 5.23. The SMILES string of the molecule is C=CCC(NC)c1ccco1. The third-order valence-corrected chi connectivity index (χ3v) is 1.64. The Morgan fingerprint density at radius 3 is 3.09 bits per heavy atom. The van der Waals surface area contributed by atoms with Crippen LogP contribution >= 0.6 is 0 Å². The maximum atomic E-state index is 5.23. The Hall–Kier alpha value is -1.02. The maximum Gasteiger partial charge on any atom is 0.120 e. The first-order valence-corrected chi connectivity index (χ1v) is 3.70. The number of furan rings is 1. The average Bonchev–Trinajstić information content (AvgIpc) is 2.52. The molecule has 0 spiro atoms. The van der Waals surface area contributed by atoms with E-state index in [1.54, 1.807) is 6.26 Å². The van der Waals surface area contributed by atoms with Gasteiger partial charge in [0.05, 0.1) is 12.3 Å². The van der Waals surface area contributed by atoms with Gasteiger partial charge in [0.25, 0.3) is 0 Å². The lowest BCUT2D eigenvalue weighted by molar-refractivity contribution is 0.433. The Kier molecular flexibility index (Phi) is 2.93. The molecule has 0 aliphatic heterocycles. The Morgan fingerprint density at radius 1 is 1.82 bits per heavy atom. The van der Waals surface area contributed by atoms with Gasteiger partial charge < -0.3 is 9.73 Å². The zero-order valence-electron chi connectivity index (χ0n) is 6.71. The molecule has 2 heteroatoms. The molecular formula is C9H13NO. The molecule has 1 heterocycles. The summed E-state index contributed by atoms with van der Waals surface area (Å²) in [4.78, 5) is 0. The van der Waals surface area contributed by atoms with E-state index in [2.05, 4.69) is 11.9 Å². The summed E-state index contributed by atoms with van der Waals surface area (Å²) in [7, 11) is 1.91. The Morgan fingerprint density at radius 2 is 2.64 bits per heavy atom. The van der Waals surface area contributed by atoms with Gasteiger partial charge in [0.15, 0.2) is 0 Å². The molecule has 0 saturated heterocycles. The summed E-state index contributed by atoms with van der Waals surface area (Å²) in [5.74, 6) is 0.965. The van der Waals surface area contributed by atoms with E-state index in [-0.39, 0.29) is 6.04 Å². The van der Waals surface area contributed by atoms with Crippen LogP contribution in [0.15, 0.2) is 35.5 Å². The Bertz CT molecular complexity index is 203. The highest BCUT2D eigenvalue weighted by atomic mass is 16.3. The van der Waals surface area contributed by atoms with Crippen molar-refractivity contribution in [2.75, 3.05) is 7.05 Å². The van der Waals surface area contributed by atoms with Gasteiger partial charge in [-0.2, -0.15) is 0 Å². The smallest absolute Gasteiger partial charge is 0.120 e. The van der Waals surface area contributed by atoms with E-state index >= 15 is 0 Å². The van der Waals surface area contributed by atoms with Crippen LogP contribution in [0.3, 0.4) is 0 Å². The molecule has 2 nitrogen and oxygen atoms in total. The van der Waals surface area contributed by atoms with Crippen molar-refractivity contribution in [2.24, 2.45) is 0 Å². The molecule has 0 aromatic carbocycles. The minimum absolute atomic E-state index is 0.266. The molecule has 0 fully saturated rings. The van der Waals surface area contributed by atoms with E-state index in [1.165, 1.54) is 0 Å². The second kappa shape index (κ2) is 3.98. The van der Waals surface area contributed by atoms with Crippen LogP contribution < -0.4 is 5.32 Å². The van der Waals surface area contributed by atoms with Crippen molar-refractivity contribution in [1.29, 1.82) is 0 Å². The molecule has 11 heavy (non-hydrogen) atoms. The zero-order valence-corrected chi connectivity index (χ0v) is 6.71. The molecule has 0 saturated carbocycles. The van der Waals surface area contributed by atoms with E-state index in [9.17, 15) is 0 Å². The first-order chi connectivity index (χ1) is 5.38. The average molecular weight is 151 g/mol. The second-order valence-corrected chi connectivity index (χ2v) is 2.38. The van der Waals surface area contributed by atoms with Gasteiger partial charge in [0, 0.05) is 0 Å². The predicted octanol–water partition coefficient (Wildman–Crippen LogP) is 2.12. The van der Waals surface area contributed by atoms with Gasteiger partial charge in [-0.25, -0.2) is 0 Å². The molecule has 1 rings (SSSR count). The molecule has 1 aromatic heterocycles. The van der Waals surface area contributed by atoms with Gasteiger partial charge in [-0.1, -0.05) is 6.08 Å². The summed E-state index contributed by atoms with van der Waals surface area (Å²) in [6.45, 7) is 3.68. The highest BCUT2D eigenvalue weighted by Crippen LogP contribution is 2.16. The lowest BCUT2D eigenvalue weighted by atomic mass is 10.1. The molecule has 1 N–H and O–H groups in total. The molecule has 1 unspecified atom stereocenters. The van der Waals surface area contributed by atoms with Gasteiger partial charge >= 0.3 is 0 Å². The largest absolute Gasteiger partial charge is 0.468 e. The fourth-order valence-corrected chi connectivity index (χ4v) is 1.03. The Labute approximate surface area is 66.9 Å². The fraction of sp³-hybridized carbons (Fsp3) is 0.333. The molecule has 60 valence electrons. The van der Waals surface area contributed by atoms with Gasteiger partial charge in [-0.05, 0) is 25.6 Å². The molecule has 0 bridgehead atoms. The van der Waals surface area contributed by atoms with Crippen molar-refractivity contribution in [3.05, 3.63) is 36.8 Å². The highest BCUT2D eigenvalue weighted by Gasteiger charge is 2.08. The van der Waals surface area contributed by atoms with Crippen molar-refractivity contribution in [2.45, 2.75) is 12.5 Å². The van der Waals surface area contributed by atoms with Crippen LogP contribution in [-0.4, -0.2) is 7.05 Å². The first kappa shape index (κ1) is 8.08. The molecular weight excluding hydrogens is 138 g/mol. The van der Waals surface area contributed by atoms with Gasteiger partial charge in [0.1, 0.15) is 5.76 Å². The lowest BCUT2D eigenvalue weighted by Crippen LogP contribution is -2.14. The molecule has 1 atom stereocenters. The molecule has 0 aliphatic rings. The minimum Gasteiger partial charge on any atom is -0.468 e. The van der Waals surface area contributed by atoms with Crippen molar-refractivity contribution in [3.63, 3.8) is 0 Å². The van der Waals surface area contributed by atoms with Crippen molar-refractivity contribution >= 4 is 0 Å². The van der Waals surface area contributed by atoms with Crippen LogP contribution in [0.4, 0.5) is 0 Å². The number of nitrogens with one attached hydrogen (secondary N) is 1. The second-order valence-electron chi connectivity index (χ2n) is 2.38. The van der Waals surface area contributed by atoms with E-state index in [0.717, 1.165) is 12.2 Å². The quantitative estimate of drug-likeness (QED) is 0.667. The monoisotopic (exact) mass is 151 g/mol. The van der Waals surface area contributed by atoms with Crippen LogP contribution in [0.1, 0.15) is 18.2 Å². The van der Waals surface area contributed by atoms with Crippen LogP contribution in [0.5, 0.6) is 0 Å². The summed E-state index contributed by atoms with van der Waals surface area (Å²) in [6.07, 6.45) is 4.45. The van der Waals surface area contributed by atoms with Crippen LogP contribution in [0.25, 0.3) is 0 Å². The topological polar surface area (TPSA) is 25.2 Å². The lowest BCUT2D eigenvalue weighted by Gasteiger charge is -2.09. The van der Waals surface area contributed by atoms with E-state index in [1.807, 2.05) is 25.3 Å². The highest BCUT2D eigenvalue weighted by molar-refractivity contribution is 5.05. The molecule has 0 radical (unpaired) electrons. The van der Waals surface area contributed by atoms with E-state index < -0.39 is 0 Å². The third-order valence-electron chi connectivity index (χ3n) is 1.64. The molecule has 1 aromatic rings. The van der Waals surface area contributed by atoms with Crippen LogP contribution in [0.2, 0.25) is 0 Å². The summed E-state index contributed by atoms with van der Waals surface area (Å²) in [5, 5.41) is 3.14. The van der Waals surface area contributed by atoms with E-state index in [4.69, 9.17) is 4.42 Å². The van der Waals surface area contributed by atoms with Crippen molar-refractivity contribution in [1.82, 2.24) is 5.32 Å². The normalized spacial score (nSPS) is 12.8. The Balaban J connectivity index is 2.62. The van der Waals surface area contributed by atoms with Crippen LogP contribution in [-0.2, 0) is 0 Å². The minimum atomic E-state index is 0.266. The fourth-order valence-electron chi connectivity index (χ4n) is 1.03. The molecule has 0 aliphatic carbocycles. The zero-order chi connectivity index (χ0) is 8.10.